The molecule has 1 aromatic heterocycles. The van der Waals surface area contributed by atoms with E-state index in [0.29, 0.717) is 0 Å². The third kappa shape index (κ3) is 3.22. The smallest absolute Gasteiger partial charge is 0.137 e. The van der Waals surface area contributed by atoms with Crippen LogP contribution in [0.4, 0.5) is 4.39 Å². The first-order valence-corrected chi connectivity index (χ1v) is 6.91. The van der Waals surface area contributed by atoms with Crippen LogP contribution in [0.1, 0.15) is 31.0 Å². The molecule has 1 aromatic carbocycles. The molecule has 0 saturated heterocycles. The van der Waals surface area contributed by atoms with Gasteiger partial charge in [0.2, 0.25) is 0 Å². The Kier molecular flexibility index (Phi) is 4.58. The molecule has 4 heteroatoms. The molecule has 1 unspecified atom stereocenters. The highest BCUT2D eigenvalue weighted by molar-refractivity contribution is 5.33. The fourth-order valence-electron chi connectivity index (χ4n) is 2.70. The fourth-order valence-corrected chi connectivity index (χ4v) is 2.70. The zero-order valence-corrected chi connectivity index (χ0v) is 12.9. The number of methoxy groups -OCH3 is 1. The Morgan fingerprint density at radius 3 is 2.43 bits per heavy atom. The van der Waals surface area contributed by atoms with Gasteiger partial charge in [-0.05, 0) is 36.4 Å². The average Bonchev–Trinajstić information content (AvgIpc) is 2.48. The molecule has 1 N–H and O–H groups in total. The van der Waals surface area contributed by atoms with Crippen molar-refractivity contribution < 1.29 is 9.13 Å². The molecule has 1 heterocycles. The van der Waals surface area contributed by atoms with Gasteiger partial charge in [-0.15, -0.1) is 0 Å². The molecule has 0 amide bonds. The molecule has 3 nitrogen and oxygen atoms in total. The van der Waals surface area contributed by atoms with Gasteiger partial charge in [0.25, 0.3) is 0 Å². The lowest BCUT2D eigenvalue weighted by Crippen LogP contribution is -2.35. The van der Waals surface area contributed by atoms with Crippen LogP contribution in [0.3, 0.4) is 0 Å². The summed E-state index contributed by atoms with van der Waals surface area (Å²) in [7, 11) is 3.54. The van der Waals surface area contributed by atoms with Crippen LogP contribution in [0.25, 0.3) is 0 Å². The van der Waals surface area contributed by atoms with Gasteiger partial charge in [-0.3, -0.25) is 4.98 Å². The highest BCUT2D eigenvalue weighted by atomic mass is 19.1. The summed E-state index contributed by atoms with van der Waals surface area (Å²) in [5.41, 5.74) is 1.87. The van der Waals surface area contributed by atoms with Crippen LogP contribution in [0.15, 0.2) is 42.7 Å². The SMILES string of the molecule is CNC(c1cncc(OC)c1)C(C)(C)c1ccc(F)cc1. The Labute approximate surface area is 125 Å². The predicted octanol–water partition coefficient (Wildman–Crippen LogP) is 3.47. The number of pyridine rings is 1. The van der Waals surface area contributed by atoms with Crippen molar-refractivity contribution in [1.29, 1.82) is 0 Å². The minimum Gasteiger partial charge on any atom is -0.495 e. The number of benzene rings is 1. The van der Waals surface area contributed by atoms with E-state index >= 15 is 0 Å². The molecule has 0 aliphatic rings. The van der Waals surface area contributed by atoms with Crippen molar-refractivity contribution in [3.05, 3.63) is 59.7 Å². The van der Waals surface area contributed by atoms with Crippen LogP contribution in [0.5, 0.6) is 5.75 Å². The predicted molar refractivity (Wildman–Crippen MR) is 82.0 cm³/mol. The molecule has 0 saturated carbocycles. The monoisotopic (exact) mass is 288 g/mol. The summed E-state index contributed by atoms with van der Waals surface area (Å²) >= 11 is 0. The summed E-state index contributed by atoms with van der Waals surface area (Å²) in [4.78, 5) is 4.22. The van der Waals surface area contributed by atoms with Gasteiger partial charge in [0.1, 0.15) is 11.6 Å². The van der Waals surface area contributed by atoms with Gasteiger partial charge in [0.05, 0.1) is 13.3 Å². The van der Waals surface area contributed by atoms with Crippen molar-refractivity contribution in [1.82, 2.24) is 10.3 Å². The van der Waals surface area contributed by atoms with E-state index in [4.69, 9.17) is 4.74 Å². The maximum atomic E-state index is 13.1. The highest BCUT2D eigenvalue weighted by Crippen LogP contribution is 2.37. The second-order valence-electron chi connectivity index (χ2n) is 5.61. The molecule has 0 aliphatic carbocycles. The zero-order valence-electron chi connectivity index (χ0n) is 12.9. The lowest BCUT2D eigenvalue weighted by molar-refractivity contribution is 0.363. The van der Waals surface area contributed by atoms with E-state index in [1.165, 1.54) is 12.1 Å². The summed E-state index contributed by atoms with van der Waals surface area (Å²) in [6, 6.07) is 8.65. The summed E-state index contributed by atoms with van der Waals surface area (Å²) < 4.78 is 18.4. The quantitative estimate of drug-likeness (QED) is 0.914. The van der Waals surface area contributed by atoms with Crippen LogP contribution in [0.2, 0.25) is 0 Å². The van der Waals surface area contributed by atoms with E-state index in [2.05, 4.69) is 24.1 Å². The maximum Gasteiger partial charge on any atom is 0.137 e. The van der Waals surface area contributed by atoms with Crippen molar-refractivity contribution in [3.63, 3.8) is 0 Å². The molecule has 0 spiro atoms. The van der Waals surface area contributed by atoms with Gasteiger partial charge in [0, 0.05) is 17.7 Å². The van der Waals surface area contributed by atoms with E-state index in [1.54, 1.807) is 13.3 Å². The van der Waals surface area contributed by atoms with Gasteiger partial charge in [-0.1, -0.05) is 26.0 Å². The van der Waals surface area contributed by atoms with Gasteiger partial charge in [0.15, 0.2) is 0 Å². The van der Waals surface area contributed by atoms with Crippen molar-refractivity contribution in [2.24, 2.45) is 0 Å². The molecule has 21 heavy (non-hydrogen) atoms. The molecule has 112 valence electrons. The number of nitrogens with zero attached hydrogens (tertiary/aromatic N) is 1. The molecular weight excluding hydrogens is 267 g/mol. The van der Waals surface area contributed by atoms with Gasteiger partial charge >= 0.3 is 0 Å². The average molecular weight is 288 g/mol. The van der Waals surface area contributed by atoms with Crippen molar-refractivity contribution in [2.75, 3.05) is 14.2 Å². The van der Waals surface area contributed by atoms with Crippen molar-refractivity contribution >= 4 is 0 Å². The zero-order chi connectivity index (χ0) is 15.5. The fraction of sp³-hybridized carbons (Fsp3) is 0.353. The molecule has 1 atom stereocenters. The Morgan fingerprint density at radius 2 is 1.86 bits per heavy atom. The number of likely N-dealkylation sites (N-methyl/N-ethyl adjacent to an activating group) is 1. The first-order chi connectivity index (χ1) is 9.98. The standard InChI is InChI=1S/C17H21FN2O/c1-17(2,13-5-7-14(18)8-6-13)16(19-3)12-9-15(21-4)11-20-10-12/h5-11,16,19H,1-4H3. The van der Waals surface area contributed by atoms with Gasteiger partial charge in [-0.2, -0.15) is 0 Å². The minimum absolute atomic E-state index is 0.0329. The lowest BCUT2D eigenvalue weighted by Gasteiger charge is -2.35. The topological polar surface area (TPSA) is 34.2 Å². The Morgan fingerprint density at radius 1 is 1.19 bits per heavy atom. The van der Waals surface area contributed by atoms with Gasteiger partial charge < -0.3 is 10.1 Å². The van der Waals surface area contributed by atoms with Crippen LogP contribution >= 0.6 is 0 Å². The van der Waals surface area contributed by atoms with Gasteiger partial charge in [-0.25, -0.2) is 4.39 Å². The number of aromatic nitrogens is 1. The molecule has 0 aliphatic heterocycles. The van der Waals surface area contributed by atoms with Crippen molar-refractivity contribution in [2.45, 2.75) is 25.3 Å². The number of ether oxygens (including phenoxy) is 1. The Balaban J connectivity index is 2.40. The van der Waals surface area contributed by atoms with Crippen LogP contribution in [-0.4, -0.2) is 19.1 Å². The maximum absolute atomic E-state index is 13.1. The summed E-state index contributed by atoms with van der Waals surface area (Å²) in [5, 5.41) is 3.33. The van der Waals surface area contributed by atoms with E-state index in [1.807, 2.05) is 31.4 Å². The van der Waals surface area contributed by atoms with E-state index in [9.17, 15) is 4.39 Å². The minimum atomic E-state index is -0.226. The Hall–Kier alpha value is -1.94. The normalized spacial score (nSPS) is 13.0. The van der Waals surface area contributed by atoms with E-state index in [0.717, 1.165) is 16.9 Å². The van der Waals surface area contributed by atoms with Crippen LogP contribution in [-0.2, 0) is 5.41 Å². The number of hydrogen-bond acceptors (Lipinski definition) is 3. The lowest BCUT2D eigenvalue weighted by atomic mass is 9.75. The number of hydrogen-bond donors (Lipinski definition) is 1. The third-order valence-electron chi connectivity index (χ3n) is 3.90. The number of nitrogens with one attached hydrogen (secondary N) is 1. The number of halogens is 1. The first kappa shape index (κ1) is 15.4. The highest BCUT2D eigenvalue weighted by Gasteiger charge is 2.32. The second kappa shape index (κ2) is 6.22. The summed E-state index contributed by atoms with van der Waals surface area (Å²) in [6.45, 7) is 4.25. The second-order valence-corrected chi connectivity index (χ2v) is 5.61. The first-order valence-electron chi connectivity index (χ1n) is 6.91. The van der Waals surface area contributed by atoms with Crippen molar-refractivity contribution in [3.8, 4) is 5.75 Å². The van der Waals surface area contributed by atoms with Crippen LogP contribution in [0, 0.1) is 5.82 Å². The summed E-state index contributed by atoms with van der Waals surface area (Å²) in [6.07, 6.45) is 3.51. The molecule has 2 aromatic rings. The number of rotatable bonds is 5. The largest absolute Gasteiger partial charge is 0.495 e. The molecule has 2 rings (SSSR count). The molecule has 0 fully saturated rings. The van der Waals surface area contributed by atoms with Crippen LogP contribution < -0.4 is 10.1 Å². The third-order valence-corrected chi connectivity index (χ3v) is 3.90. The van der Waals surface area contributed by atoms with E-state index < -0.39 is 0 Å². The molecule has 0 radical (unpaired) electrons. The van der Waals surface area contributed by atoms with E-state index in [-0.39, 0.29) is 17.3 Å². The molecular formula is C17H21FN2O. The Bertz CT molecular complexity index is 596. The summed E-state index contributed by atoms with van der Waals surface area (Å²) in [5.74, 6) is 0.501. The molecule has 0 bridgehead atoms.